The number of benzene rings is 2. The summed E-state index contributed by atoms with van der Waals surface area (Å²) in [6, 6.07) is 17.1. The van der Waals surface area contributed by atoms with Crippen LogP contribution < -0.4 is 10.1 Å². The Labute approximate surface area is 201 Å². The maximum absolute atomic E-state index is 5.28. The van der Waals surface area contributed by atoms with Gasteiger partial charge in [-0.05, 0) is 35.2 Å². The molecule has 2 heterocycles. The third kappa shape index (κ3) is 6.00. The summed E-state index contributed by atoms with van der Waals surface area (Å²) in [4.78, 5) is 11.0. The third-order valence-corrected chi connectivity index (χ3v) is 5.65. The molecule has 1 N–H and O–H groups in total. The second-order valence-electron chi connectivity index (χ2n) is 7.66. The lowest BCUT2D eigenvalue weighted by atomic mass is 9.98. The summed E-state index contributed by atoms with van der Waals surface area (Å²) in [6.07, 6.45) is 6.77. The van der Waals surface area contributed by atoms with Gasteiger partial charge in [0.15, 0.2) is 5.96 Å². The average molecular weight is 531 g/mol. The zero-order chi connectivity index (χ0) is 20.8. The van der Waals surface area contributed by atoms with Crippen molar-refractivity contribution in [3.63, 3.8) is 0 Å². The summed E-state index contributed by atoms with van der Waals surface area (Å²) in [7, 11) is 3.56. The number of rotatable bonds is 6. The van der Waals surface area contributed by atoms with Crippen molar-refractivity contribution in [2.45, 2.75) is 25.4 Å². The van der Waals surface area contributed by atoms with E-state index in [1.807, 2.05) is 37.9 Å². The van der Waals surface area contributed by atoms with Crippen LogP contribution in [0, 0.1) is 0 Å². The molecule has 7 heteroatoms. The molecule has 164 valence electrons. The van der Waals surface area contributed by atoms with Crippen molar-refractivity contribution in [1.82, 2.24) is 19.8 Å². The summed E-state index contributed by atoms with van der Waals surface area (Å²) in [6.45, 7) is 3.58. The first-order valence-electron chi connectivity index (χ1n) is 10.4. The molecule has 1 aliphatic rings. The molecule has 3 aromatic rings. The number of imidazole rings is 1. The zero-order valence-electron chi connectivity index (χ0n) is 18.1. The molecule has 0 saturated carbocycles. The second-order valence-corrected chi connectivity index (χ2v) is 7.66. The first kappa shape index (κ1) is 23.1. The molecule has 1 aromatic heterocycles. The van der Waals surface area contributed by atoms with Gasteiger partial charge >= 0.3 is 0 Å². The van der Waals surface area contributed by atoms with Crippen LogP contribution in [-0.4, -0.2) is 47.7 Å². The van der Waals surface area contributed by atoms with E-state index >= 15 is 0 Å². The van der Waals surface area contributed by atoms with Gasteiger partial charge in [-0.25, -0.2) is 4.98 Å². The van der Waals surface area contributed by atoms with E-state index < -0.39 is 0 Å². The van der Waals surface area contributed by atoms with Gasteiger partial charge in [0.2, 0.25) is 0 Å². The average Bonchev–Trinajstić information content (AvgIpc) is 3.47. The Morgan fingerprint density at radius 2 is 2.00 bits per heavy atom. The van der Waals surface area contributed by atoms with Crippen LogP contribution in [0.15, 0.2) is 72.2 Å². The minimum atomic E-state index is 0. The summed E-state index contributed by atoms with van der Waals surface area (Å²) in [5.41, 5.74) is 3.88. The zero-order valence-corrected chi connectivity index (χ0v) is 20.4. The molecule has 2 aromatic carbocycles. The quantitative estimate of drug-likeness (QED) is 0.296. The topological polar surface area (TPSA) is 54.7 Å². The minimum Gasteiger partial charge on any atom is -0.497 e. The third-order valence-electron chi connectivity index (χ3n) is 5.65. The Hall–Kier alpha value is -2.55. The molecule has 0 radical (unpaired) electrons. The van der Waals surface area contributed by atoms with E-state index in [1.54, 1.807) is 7.11 Å². The fraction of sp³-hybridized carbons (Fsp3) is 0.333. The minimum absolute atomic E-state index is 0. The molecule has 0 bridgehead atoms. The normalized spacial score (nSPS) is 16.1. The second kappa shape index (κ2) is 11.2. The number of hydrogen-bond donors (Lipinski definition) is 1. The van der Waals surface area contributed by atoms with Crippen molar-refractivity contribution >= 4 is 29.9 Å². The fourth-order valence-electron chi connectivity index (χ4n) is 4.04. The molecule has 1 saturated heterocycles. The molecule has 1 atom stereocenters. The van der Waals surface area contributed by atoms with Crippen molar-refractivity contribution in [1.29, 1.82) is 0 Å². The fourth-order valence-corrected chi connectivity index (χ4v) is 4.04. The Bertz CT molecular complexity index is 972. The van der Waals surface area contributed by atoms with E-state index in [4.69, 9.17) is 4.74 Å². The monoisotopic (exact) mass is 531 g/mol. The maximum atomic E-state index is 5.28. The van der Waals surface area contributed by atoms with Gasteiger partial charge in [-0.15, -0.1) is 24.0 Å². The van der Waals surface area contributed by atoms with Gasteiger partial charge in [0.25, 0.3) is 0 Å². The Balaban J connectivity index is 0.00000272. The maximum Gasteiger partial charge on any atom is 0.193 e. The number of aliphatic imine (C=N–C) groups is 1. The highest BCUT2D eigenvalue weighted by Crippen LogP contribution is 2.28. The Kier molecular flexibility index (Phi) is 8.34. The van der Waals surface area contributed by atoms with Gasteiger partial charge in [-0.2, -0.15) is 0 Å². The molecule has 0 spiro atoms. The van der Waals surface area contributed by atoms with Crippen LogP contribution in [0.2, 0.25) is 0 Å². The number of nitrogens with zero attached hydrogens (tertiary/aromatic N) is 4. The molecular weight excluding hydrogens is 501 g/mol. The highest BCUT2D eigenvalue weighted by atomic mass is 127. The summed E-state index contributed by atoms with van der Waals surface area (Å²) in [5, 5.41) is 3.54. The van der Waals surface area contributed by atoms with Gasteiger partial charge in [-0.1, -0.05) is 36.4 Å². The van der Waals surface area contributed by atoms with E-state index in [0.29, 0.717) is 5.92 Å². The summed E-state index contributed by atoms with van der Waals surface area (Å²) in [5.74, 6) is 2.39. The highest BCUT2D eigenvalue weighted by Gasteiger charge is 2.26. The van der Waals surface area contributed by atoms with Gasteiger partial charge in [0.05, 0.1) is 13.4 Å². The molecule has 1 fully saturated rings. The van der Waals surface area contributed by atoms with Crippen LogP contribution in [-0.2, 0) is 13.1 Å². The van der Waals surface area contributed by atoms with Crippen molar-refractivity contribution in [2.75, 3.05) is 27.2 Å². The van der Waals surface area contributed by atoms with E-state index in [-0.39, 0.29) is 24.0 Å². The molecule has 1 aliphatic heterocycles. The molecule has 31 heavy (non-hydrogen) atoms. The number of guanidine groups is 1. The van der Waals surface area contributed by atoms with E-state index in [2.05, 4.69) is 61.2 Å². The molecule has 0 amide bonds. The van der Waals surface area contributed by atoms with Gasteiger partial charge in [0, 0.05) is 51.5 Å². The number of likely N-dealkylation sites (tertiary alicyclic amines) is 1. The van der Waals surface area contributed by atoms with E-state index in [9.17, 15) is 0 Å². The van der Waals surface area contributed by atoms with Gasteiger partial charge in [0.1, 0.15) is 5.75 Å². The molecular formula is C24H30IN5O. The number of aromatic nitrogens is 2. The molecule has 6 nitrogen and oxygen atoms in total. The molecule has 4 rings (SSSR count). The smallest absolute Gasteiger partial charge is 0.193 e. The van der Waals surface area contributed by atoms with Crippen LogP contribution in [0.25, 0.3) is 0 Å². The SMILES string of the molecule is CN=C(NCc1cccc(Cn2ccnc2)c1)N1CCC(c2ccc(OC)cc2)C1.I. The van der Waals surface area contributed by atoms with Crippen LogP contribution in [0.4, 0.5) is 0 Å². The summed E-state index contributed by atoms with van der Waals surface area (Å²) < 4.78 is 7.35. The number of hydrogen-bond acceptors (Lipinski definition) is 3. The lowest BCUT2D eigenvalue weighted by molar-refractivity contribution is 0.414. The number of nitrogens with one attached hydrogen (secondary N) is 1. The lowest BCUT2D eigenvalue weighted by Gasteiger charge is -2.22. The standard InChI is InChI=1S/C24H29N5O.HI/c1-25-24(29-12-10-22(17-29)21-6-8-23(30-2)9-7-21)27-15-19-4-3-5-20(14-19)16-28-13-11-26-18-28;/h3-9,11,13-14,18,22H,10,12,15-17H2,1-2H3,(H,25,27);1H. The van der Waals surface area contributed by atoms with Crippen LogP contribution in [0.5, 0.6) is 5.75 Å². The largest absolute Gasteiger partial charge is 0.497 e. The van der Waals surface area contributed by atoms with Crippen LogP contribution >= 0.6 is 24.0 Å². The van der Waals surface area contributed by atoms with E-state index in [0.717, 1.165) is 44.3 Å². The van der Waals surface area contributed by atoms with Gasteiger partial charge < -0.3 is 19.5 Å². The number of ether oxygens (including phenoxy) is 1. The summed E-state index contributed by atoms with van der Waals surface area (Å²) >= 11 is 0. The van der Waals surface area contributed by atoms with Crippen LogP contribution in [0.3, 0.4) is 0 Å². The first-order valence-corrected chi connectivity index (χ1v) is 10.4. The van der Waals surface area contributed by atoms with Gasteiger partial charge in [-0.3, -0.25) is 4.99 Å². The number of methoxy groups -OCH3 is 1. The van der Waals surface area contributed by atoms with Crippen LogP contribution in [0.1, 0.15) is 29.0 Å². The Morgan fingerprint density at radius 1 is 1.19 bits per heavy atom. The first-order chi connectivity index (χ1) is 14.7. The number of halogens is 1. The van der Waals surface area contributed by atoms with Crippen molar-refractivity contribution < 1.29 is 4.74 Å². The van der Waals surface area contributed by atoms with Crippen molar-refractivity contribution in [3.8, 4) is 5.75 Å². The van der Waals surface area contributed by atoms with Crippen molar-refractivity contribution in [2.24, 2.45) is 4.99 Å². The molecule has 0 aliphatic carbocycles. The van der Waals surface area contributed by atoms with Crippen molar-refractivity contribution in [3.05, 3.63) is 83.9 Å². The molecule has 1 unspecified atom stereocenters. The lowest BCUT2D eigenvalue weighted by Crippen LogP contribution is -2.39. The predicted octanol–water partition coefficient (Wildman–Crippen LogP) is 4.12. The predicted molar refractivity (Wildman–Crippen MR) is 135 cm³/mol. The Morgan fingerprint density at radius 3 is 2.71 bits per heavy atom. The van der Waals surface area contributed by atoms with E-state index in [1.165, 1.54) is 16.7 Å². The highest BCUT2D eigenvalue weighted by molar-refractivity contribution is 14.0.